The Morgan fingerprint density at radius 3 is 2.89 bits per heavy atom. The van der Waals surface area contributed by atoms with Gasteiger partial charge in [-0.05, 0) is 44.0 Å². The zero-order valence-corrected chi connectivity index (χ0v) is 11.3. The summed E-state index contributed by atoms with van der Waals surface area (Å²) in [6.45, 7) is 4.12. The molecule has 1 aliphatic heterocycles. The highest BCUT2D eigenvalue weighted by Crippen LogP contribution is 2.16. The molecule has 1 atom stereocenters. The number of hydrogen-bond acceptors (Lipinski definition) is 3. The van der Waals surface area contributed by atoms with E-state index in [1.165, 1.54) is 0 Å². The van der Waals surface area contributed by atoms with Crippen LogP contribution in [0.4, 0.5) is 16.2 Å². The largest absolute Gasteiger partial charge is 0.399 e. The zero-order valence-electron chi connectivity index (χ0n) is 11.3. The Morgan fingerprint density at radius 2 is 2.21 bits per heavy atom. The highest BCUT2D eigenvalue weighted by molar-refractivity contribution is 5.89. The zero-order chi connectivity index (χ0) is 13.7. The van der Waals surface area contributed by atoms with Crippen LogP contribution in [-0.4, -0.2) is 36.7 Å². The normalized spacial score (nSPS) is 19.2. The number of hydrogen-bond donors (Lipinski definition) is 2. The molecule has 0 aromatic heterocycles. The van der Waals surface area contributed by atoms with Crippen LogP contribution in [0.2, 0.25) is 0 Å². The topological polar surface area (TPSA) is 67.6 Å². The van der Waals surface area contributed by atoms with Crippen molar-refractivity contribution >= 4 is 17.4 Å². The minimum Gasteiger partial charge on any atom is -0.399 e. The second-order valence-corrected chi connectivity index (χ2v) is 4.72. The van der Waals surface area contributed by atoms with Gasteiger partial charge >= 0.3 is 6.03 Å². The SMILES string of the molecule is CCOC1CCCN(C(=O)Nc2ccc(N)cc2)C1. The molecular formula is C14H21N3O2. The molecule has 1 aromatic rings. The fourth-order valence-electron chi connectivity index (χ4n) is 2.26. The van der Waals surface area contributed by atoms with E-state index in [1.54, 1.807) is 29.2 Å². The maximum absolute atomic E-state index is 12.1. The van der Waals surface area contributed by atoms with Gasteiger partial charge in [0.15, 0.2) is 0 Å². The maximum atomic E-state index is 12.1. The van der Waals surface area contributed by atoms with E-state index in [4.69, 9.17) is 10.5 Å². The first-order chi connectivity index (χ1) is 9.19. The van der Waals surface area contributed by atoms with E-state index in [9.17, 15) is 4.79 Å². The fourth-order valence-corrected chi connectivity index (χ4v) is 2.26. The van der Waals surface area contributed by atoms with Crippen molar-refractivity contribution in [1.82, 2.24) is 4.90 Å². The molecule has 3 N–H and O–H groups in total. The first-order valence-corrected chi connectivity index (χ1v) is 6.72. The average molecular weight is 263 g/mol. The number of nitrogens with one attached hydrogen (secondary N) is 1. The maximum Gasteiger partial charge on any atom is 0.321 e. The number of likely N-dealkylation sites (tertiary alicyclic amines) is 1. The number of carbonyl (C=O) groups excluding carboxylic acids is 1. The number of amides is 2. The van der Waals surface area contributed by atoms with E-state index in [2.05, 4.69) is 5.32 Å². The molecule has 2 rings (SSSR count). The molecule has 0 aliphatic carbocycles. The van der Waals surface area contributed by atoms with Gasteiger partial charge in [-0.25, -0.2) is 4.79 Å². The van der Waals surface area contributed by atoms with Crippen LogP contribution in [0.3, 0.4) is 0 Å². The summed E-state index contributed by atoms with van der Waals surface area (Å²) in [5.41, 5.74) is 7.06. The molecule has 1 fully saturated rings. The van der Waals surface area contributed by atoms with Gasteiger partial charge in [0.2, 0.25) is 0 Å². The Morgan fingerprint density at radius 1 is 1.47 bits per heavy atom. The van der Waals surface area contributed by atoms with Crippen molar-refractivity contribution in [3.63, 3.8) is 0 Å². The van der Waals surface area contributed by atoms with Crippen LogP contribution < -0.4 is 11.1 Å². The number of anilines is 2. The third-order valence-electron chi connectivity index (χ3n) is 3.23. The number of benzene rings is 1. The number of urea groups is 1. The van der Waals surface area contributed by atoms with E-state index in [-0.39, 0.29) is 12.1 Å². The van der Waals surface area contributed by atoms with E-state index in [1.807, 2.05) is 6.92 Å². The number of ether oxygens (including phenoxy) is 1. The number of carbonyl (C=O) groups is 1. The first kappa shape index (κ1) is 13.7. The Bertz CT molecular complexity index is 417. The van der Waals surface area contributed by atoms with Crippen molar-refractivity contribution in [2.24, 2.45) is 0 Å². The smallest absolute Gasteiger partial charge is 0.321 e. The first-order valence-electron chi connectivity index (χ1n) is 6.72. The van der Waals surface area contributed by atoms with Gasteiger partial charge in [0, 0.05) is 31.1 Å². The van der Waals surface area contributed by atoms with Crippen LogP contribution in [0.25, 0.3) is 0 Å². The number of rotatable bonds is 3. The van der Waals surface area contributed by atoms with Crippen molar-refractivity contribution in [2.45, 2.75) is 25.9 Å². The van der Waals surface area contributed by atoms with Gasteiger partial charge < -0.3 is 20.7 Å². The molecule has 2 amide bonds. The molecule has 1 aromatic carbocycles. The summed E-state index contributed by atoms with van der Waals surface area (Å²) in [6, 6.07) is 7.08. The van der Waals surface area contributed by atoms with E-state index >= 15 is 0 Å². The van der Waals surface area contributed by atoms with E-state index in [0.29, 0.717) is 18.8 Å². The van der Waals surface area contributed by atoms with Crippen LogP contribution in [0.15, 0.2) is 24.3 Å². The molecule has 0 spiro atoms. The van der Waals surface area contributed by atoms with Gasteiger partial charge in [0.25, 0.3) is 0 Å². The predicted octanol–water partition coefficient (Wildman–Crippen LogP) is 2.30. The van der Waals surface area contributed by atoms with Crippen LogP contribution in [-0.2, 0) is 4.74 Å². The highest BCUT2D eigenvalue weighted by Gasteiger charge is 2.23. The molecule has 1 aliphatic rings. The minimum absolute atomic E-state index is 0.0748. The van der Waals surface area contributed by atoms with Gasteiger partial charge in [-0.2, -0.15) is 0 Å². The van der Waals surface area contributed by atoms with Crippen LogP contribution >= 0.6 is 0 Å². The third-order valence-corrected chi connectivity index (χ3v) is 3.23. The molecule has 1 heterocycles. The van der Waals surface area contributed by atoms with Crippen molar-refractivity contribution in [3.05, 3.63) is 24.3 Å². The summed E-state index contributed by atoms with van der Waals surface area (Å²) in [5.74, 6) is 0. The molecule has 1 unspecified atom stereocenters. The molecule has 1 saturated heterocycles. The summed E-state index contributed by atoms with van der Waals surface area (Å²) >= 11 is 0. The molecular weight excluding hydrogens is 242 g/mol. The van der Waals surface area contributed by atoms with Crippen molar-refractivity contribution < 1.29 is 9.53 Å². The molecule has 5 heteroatoms. The third kappa shape index (κ3) is 3.86. The summed E-state index contributed by atoms with van der Waals surface area (Å²) in [7, 11) is 0. The minimum atomic E-state index is -0.0748. The second kappa shape index (κ2) is 6.43. The summed E-state index contributed by atoms with van der Waals surface area (Å²) in [4.78, 5) is 13.9. The van der Waals surface area contributed by atoms with E-state index < -0.39 is 0 Å². The molecule has 0 bridgehead atoms. The quantitative estimate of drug-likeness (QED) is 0.822. The van der Waals surface area contributed by atoms with Gasteiger partial charge in [0.05, 0.1) is 6.10 Å². The lowest BCUT2D eigenvalue weighted by Crippen LogP contribution is -2.45. The Balaban J connectivity index is 1.90. The number of nitrogen functional groups attached to an aromatic ring is 1. The highest BCUT2D eigenvalue weighted by atomic mass is 16.5. The Hall–Kier alpha value is -1.75. The predicted molar refractivity (Wildman–Crippen MR) is 76.1 cm³/mol. The van der Waals surface area contributed by atoms with Crippen molar-refractivity contribution in [3.8, 4) is 0 Å². The molecule has 0 saturated carbocycles. The molecule has 0 radical (unpaired) electrons. The van der Waals surface area contributed by atoms with Gasteiger partial charge in [-0.15, -0.1) is 0 Å². The van der Waals surface area contributed by atoms with Gasteiger partial charge in [-0.3, -0.25) is 0 Å². The lowest BCUT2D eigenvalue weighted by atomic mass is 10.1. The van der Waals surface area contributed by atoms with Crippen LogP contribution in [0.1, 0.15) is 19.8 Å². The fraction of sp³-hybridized carbons (Fsp3) is 0.500. The second-order valence-electron chi connectivity index (χ2n) is 4.72. The summed E-state index contributed by atoms with van der Waals surface area (Å²) < 4.78 is 5.59. The summed E-state index contributed by atoms with van der Waals surface area (Å²) in [6.07, 6.45) is 2.18. The Labute approximate surface area is 113 Å². The number of nitrogens with zero attached hydrogens (tertiary/aromatic N) is 1. The standard InChI is InChI=1S/C14H21N3O2/c1-2-19-13-4-3-9-17(10-13)14(18)16-12-7-5-11(15)6-8-12/h5-8,13H,2-4,9-10,15H2,1H3,(H,16,18). The number of nitrogens with two attached hydrogens (primary N) is 1. The molecule has 19 heavy (non-hydrogen) atoms. The molecule has 104 valence electrons. The van der Waals surface area contributed by atoms with Crippen LogP contribution in [0.5, 0.6) is 0 Å². The monoisotopic (exact) mass is 263 g/mol. The lowest BCUT2D eigenvalue weighted by Gasteiger charge is -2.32. The Kier molecular flexibility index (Phi) is 4.63. The van der Waals surface area contributed by atoms with Crippen molar-refractivity contribution in [1.29, 1.82) is 0 Å². The molecule has 5 nitrogen and oxygen atoms in total. The van der Waals surface area contributed by atoms with Crippen molar-refractivity contribution in [2.75, 3.05) is 30.7 Å². The van der Waals surface area contributed by atoms with Gasteiger partial charge in [0.1, 0.15) is 0 Å². The average Bonchev–Trinajstić information content (AvgIpc) is 2.42. The van der Waals surface area contributed by atoms with E-state index in [0.717, 1.165) is 25.1 Å². The van der Waals surface area contributed by atoms with Crippen LogP contribution in [0, 0.1) is 0 Å². The lowest BCUT2D eigenvalue weighted by molar-refractivity contribution is 0.0181. The number of piperidine rings is 1. The summed E-state index contributed by atoms with van der Waals surface area (Å²) in [5, 5.41) is 2.88. The van der Waals surface area contributed by atoms with Gasteiger partial charge in [-0.1, -0.05) is 0 Å².